The molecule has 4 rings (SSSR count). The van der Waals surface area contributed by atoms with Crippen molar-refractivity contribution in [1.82, 2.24) is 5.32 Å². The van der Waals surface area contributed by atoms with E-state index in [0.717, 1.165) is 36.1 Å². The van der Waals surface area contributed by atoms with Crippen LogP contribution in [0.5, 0.6) is 11.5 Å². The molecule has 1 unspecified atom stereocenters. The number of ether oxygens (including phenoxy) is 3. The predicted molar refractivity (Wildman–Crippen MR) is 113 cm³/mol. The molecule has 150 valence electrons. The first-order valence-electron chi connectivity index (χ1n) is 9.91. The van der Waals surface area contributed by atoms with Gasteiger partial charge in [0.2, 0.25) is 0 Å². The minimum Gasteiger partial charge on any atom is -0.496 e. The van der Waals surface area contributed by atoms with Crippen LogP contribution in [-0.2, 0) is 11.3 Å². The van der Waals surface area contributed by atoms with E-state index >= 15 is 0 Å². The third-order valence-corrected chi connectivity index (χ3v) is 5.17. The minimum absolute atomic E-state index is 0.116. The van der Waals surface area contributed by atoms with Crippen LogP contribution in [0.1, 0.15) is 28.8 Å². The highest BCUT2D eigenvalue weighted by molar-refractivity contribution is 5.94. The van der Waals surface area contributed by atoms with Crippen LogP contribution in [0.3, 0.4) is 0 Å². The highest BCUT2D eigenvalue weighted by Crippen LogP contribution is 2.25. The average molecular weight is 391 g/mol. The SMILES string of the molecule is COc1ccc(C(=O)NCC2CCCO2)cc1COc1ccc2ccccc2c1. The van der Waals surface area contributed by atoms with E-state index in [-0.39, 0.29) is 12.0 Å². The molecule has 1 fully saturated rings. The van der Waals surface area contributed by atoms with Crippen molar-refractivity contribution in [3.63, 3.8) is 0 Å². The third-order valence-electron chi connectivity index (χ3n) is 5.17. The lowest BCUT2D eigenvalue weighted by Crippen LogP contribution is -2.31. The summed E-state index contributed by atoms with van der Waals surface area (Å²) in [5.41, 5.74) is 1.41. The van der Waals surface area contributed by atoms with Gasteiger partial charge in [0, 0.05) is 24.3 Å². The number of hydrogen-bond acceptors (Lipinski definition) is 4. The van der Waals surface area contributed by atoms with Crippen LogP contribution < -0.4 is 14.8 Å². The lowest BCUT2D eigenvalue weighted by atomic mass is 10.1. The molecule has 1 saturated heterocycles. The summed E-state index contributed by atoms with van der Waals surface area (Å²) in [4.78, 5) is 12.5. The van der Waals surface area contributed by atoms with E-state index in [2.05, 4.69) is 17.4 Å². The Hall–Kier alpha value is -3.05. The standard InChI is InChI=1S/C24H25NO4/c1-27-23-11-9-19(24(26)25-15-22-7-4-12-28-22)13-20(23)16-29-21-10-8-17-5-2-3-6-18(17)14-21/h2-3,5-6,8-11,13-14,22H,4,7,12,15-16H2,1H3,(H,25,26). The summed E-state index contributed by atoms with van der Waals surface area (Å²) in [6.45, 7) is 1.63. The van der Waals surface area contributed by atoms with E-state index in [1.54, 1.807) is 19.2 Å². The molecule has 0 bridgehead atoms. The normalized spacial score (nSPS) is 16.0. The fourth-order valence-electron chi connectivity index (χ4n) is 3.56. The Kier molecular flexibility index (Phi) is 5.96. The second kappa shape index (κ2) is 8.97. The number of hydrogen-bond donors (Lipinski definition) is 1. The number of amides is 1. The topological polar surface area (TPSA) is 56.8 Å². The predicted octanol–water partition coefficient (Wildman–Crippen LogP) is 4.34. The van der Waals surface area contributed by atoms with Gasteiger partial charge in [0.25, 0.3) is 5.91 Å². The molecule has 5 heteroatoms. The molecule has 0 aromatic heterocycles. The molecule has 3 aromatic carbocycles. The molecule has 5 nitrogen and oxygen atoms in total. The van der Waals surface area contributed by atoms with Crippen LogP contribution in [-0.4, -0.2) is 32.3 Å². The number of rotatable bonds is 7. The molecule has 29 heavy (non-hydrogen) atoms. The maximum atomic E-state index is 12.5. The molecule has 3 aromatic rings. The summed E-state index contributed by atoms with van der Waals surface area (Å²) in [5.74, 6) is 1.36. The summed E-state index contributed by atoms with van der Waals surface area (Å²) >= 11 is 0. The van der Waals surface area contributed by atoms with Gasteiger partial charge in [-0.25, -0.2) is 0 Å². The Balaban J connectivity index is 1.44. The first-order chi connectivity index (χ1) is 14.2. The Morgan fingerprint density at radius 2 is 1.97 bits per heavy atom. The summed E-state index contributed by atoms with van der Waals surface area (Å²) < 4.78 is 17.0. The summed E-state index contributed by atoms with van der Waals surface area (Å²) in [6, 6.07) is 19.6. The average Bonchev–Trinajstić information content (AvgIpc) is 3.29. The number of benzene rings is 3. The molecule has 1 N–H and O–H groups in total. The van der Waals surface area contributed by atoms with Gasteiger partial charge in [0.05, 0.1) is 13.2 Å². The number of fused-ring (bicyclic) bond motifs is 1. The Bertz CT molecular complexity index is 995. The van der Waals surface area contributed by atoms with Crippen LogP contribution in [0.4, 0.5) is 0 Å². The zero-order chi connectivity index (χ0) is 20.1. The number of nitrogens with one attached hydrogen (secondary N) is 1. The molecule has 1 amide bonds. The van der Waals surface area contributed by atoms with Gasteiger partial charge >= 0.3 is 0 Å². The lowest BCUT2D eigenvalue weighted by molar-refractivity contribution is 0.0857. The molecular formula is C24H25NO4. The van der Waals surface area contributed by atoms with Crippen LogP contribution in [0.25, 0.3) is 10.8 Å². The van der Waals surface area contributed by atoms with Gasteiger partial charge in [0.1, 0.15) is 18.1 Å². The molecule has 1 aliphatic rings. The van der Waals surface area contributed by atoms with Crippen LogP contribution in [0, 0.1) is 0 Å². The van der Waals surface area contributed by atoms with Crippen LogP contribution >= 0.6 is 0 Å². The number of methoxy groups -OCH3 is 1. The van der Waals surface area contributed by atoms with E-state index in [1.165, 1.54) is 5.39 Å². The van der Waals surface area contributed by atoms with Crippen molar-refractivity contribution in [3.8, 4) is 11.5 Å². The van der Waals surface area contributed by atoms with E-state index in [9.17, 15) is 4.79 Å². The van der Waals surface area contributed by atoms with Gasteiger partial charge in [-0.05, 0) is 53.9 Å². The van der Waals surface area contributed by atoms with Crippen LogP contribution in [0.15, 0.2) is 60.7 Å². The van der Waals surface area contributed by atoms with Crippen molar-refractivity contribution in [3.05, 3.63) is 71.8 Å². The number of carbonyl (C=O) groups excluding carboxylic acids is 1. The second-order valence-corrected chi connectivity index (χ2v) is 7.17. The molecule has 1 heterocycles. The zero-order valence-electron chi connectivity index (χ0n) is 16.5. The van der Waals surface area contributed by atoms with Crippen molar-refractivity contribution in [2.24, 2.45) is 0 Å². The van der Waals surface area contributed by atoms with Crippen molar-refractivity contribution < 1.29 is 19.0 Å². The largest absolute Gasteiger partial charge is 0.496 e. The van der Waals surface area contributed by atoms with Gasteiger partial charge in [-0.1, -0.05) is 30.3 Å². The van der Waals surface area contributed by atoms with E-state index in [4.69, 9.17) is 14.2 Å². The Labute approximate surface area is 170 Å². The zero-order valence-corrected chi connectivity index (χ0v) is 16.5. The highest BCUT2D eigenvalue weighted by Gasteiger charge is 2.17. The summed E-state index contributed by atoms with van der Waals surface area (Å²) in [7, 11) is 1.62. The Morgan fingerprint density at radius 1 is 1.10 bits per heavy atom. The minimum atomic E-state index is -0.116. The van der Waals surface area contributed by atoms with E-state index in [0.29, 0.717) is 24.5 Å². The Morgan fingerprint density at radius 3 is 2.76 bits per heavy atom. The third kappa shape index (κ3) is 4.69. The highest BCUT2D eigenvalue weighted by atomic mass is 16.5. The lowest BCUT2D eigenvalue weighted by Gasteiger charge is -2.14. The molecule has 1 atom stereocenters. The molecular weight excluding hydrogens is 366 g/mol. The smallest absolute Gasteiger partial charge is 0.251 e. The van der Waals surface area contributed by atoms with Gasteiger partial charge in [0.15, 0.2) is 0 Å². The molecule has 1 aliphatic heterocycles. The summed E-state index contributed by atoms with van der Waals surface area (Å²) in [6.07, 6.45) is 2.17. The fourth-order valence-corrected chi connectivity index (χ4v) is 3.56. The molecule has 0 spiro atoms. The van der Waals surface area contributed by atoms with Crippen molar-refractivity contribution in [2.45, 2.75) is 25.6 Å². The fraction of sp³-hybridized carbons (Fsp3) is 0.292. The maximum Gasteiger partial charge on any atom is 0.251 e. The monoisotopic (exact) mass is 391 g/mol. The molecule has 0 saturated carbocycles. The van der Waals surface area contributed by atoms with Crippen molar-refractivity contribution in [1.29, 1.82) is 0 Å². The van der Waals surface area contributed by atoms with Gasteiger partial charge in [-0.2, -0.15) is 0 Å². The van der Waals surface area contributed by atoms with Crippen molar-refractivity contribution >= 4 is 16.7 Å². The molecule has 0 aliphatic carbocycles. The number of carbonyl (C=O) groups is 1. The first kappa shape index (κ1) is 19.3. The summed E-state index contributed by atoms with van der Waals surface area (Å²) in [5, 5.41) is 5.25. The molecule has 0 radical (unpaired) electrons. The first-order valence-corrected chi connectivity index (χ1v) is 9.91. The van der Waals surface area contributed by atoms with Gasteiger partial charge < -0.3 is 19.5 Å². The van der Waals surface area contributed by atoms with Crippen molar-refractivity contribution in [2.75, 3.05) is 20.3 Å². The van der Waals surface area contributed by atoms with Gasteiger partial charge in [-0.3, -0.25) is 4.79 Å². The van der Waals surface area contributed by atoms with Crippen LogP contribution in [0.2, 0.25) is 0 Å². The van der Waals surface area contributed by atoms with E-state index in [1.807, 2.05) is 36.4 Å². The van der Waals surface area contributed by atoms with E-state index < -0.39 is 0 Å². The second-order valence-electron chi connectivity index (χ2n) is 7.17. The quantitative estimate of drug-likeness (QED) is 0.651. The van der Waals surface area contributed by atoms with Gasteiger partial charge in [-0.15, -0.1) is 0 Å². The maximum absolute atomic E-state index is 12.5.